The SMILES string of the molecule is CCCC[P+](CCCC)(CCCC)CCCOc1ccc(C(=O)c2ccccc2)cc1.[Br-]. The lowest BCUT2D eigenvalue weighted by molar-refractivity contribution is -0.0000143. The second-order valence-corrected chi connectivity index (χ2v) is 13.2. The molecule has 2 rings (SSSR count). The number of halogens is 1. The molecule has 0 radical (unpaired) electrons. The van der Waals surface area contributed by atoms with Crippen LogP contribution in [0.25, 0.3) is 0 Å². The van der Waals surface area contributed by atoms with E-state index in [0.717, 1.165) is 24.3 Å². The molecule has 0 aliphatic rings. The van der Waals surface area contributed by atoms with Crippen LogP contribution in [0.4, 0.5) is 0 Å². The Morgan fingerprint density at radius 1 is 0.688 bits per heavy atom. The third-order valence-electron chi connectivity index (χ3n) is 6.16. The normalized spacial score (nSPS) is 11.1. The van der Waals surface area contributed by atoms with Gasteiger partial charge in [-0.3, -0.25) is 4.79 Å². The maximum absolute atomic E-state index is 12.6. The number of hydrogen-bond donors (Lipinski definition) is 0. The first-order valence-electron chi connectivity index (χ1n) is 12.3. The lowest BCUT2D eigenvalue weighted by Crippen LogP contribution is -3.00. The molecule has 0 unspecified atom stereocenters. The number of carbonyl (C=O) groups excluding carboxylic acids is 1. The number of unbranched alkanes of at least 4 members (excludes halogenated alkanes) is 3. The summed E-state index contributed by atoms with van der Waals surface area (Å²) in [6.45, 7) is 7.75. The largest absolute Gasteiger partial charge is 1.00 e. The first-order valence-corrected chi connectivity index (χ1v) is 14.8. The molecule has 0 spiro atoms. The number of benzene rings is 2. The Hall–Kier alpha value is -1.18. The summed E-state index contributed by atoms with van der Waals surface area (Å²) in [5, 5.41) is 0. The fourth-order valence-corrected chi connectivity index (χ4v) is 9.30. The minimum absolute atomic E-state index is 0. The summed E-state index contributed by atoms with van der Waals surface area (Å²) in [6.07, 6.45) is 15.0. The fourth-order valence-electron chi connectivity index (χ4n) is 4.20. The van der Waals surface area contributed by atoms with Gasteiger partial charge in [-0.05, 0) is 43.5 Å². The van der Waals surface area contributed by atoms with E-state index in [-0.39, 0.29) is 22.8 Å². The molecule has 0 heterocycles. The van der Waals surface area contributed by atoms with Crippen LogP contribution in [0.1, 0.15) is 81.6 Å². The highest BCUT2D eigenvalue weighted by molar-refractivity contribution is 7.75. The Labute approximate surface area is 207 Å². The summed E-state index contributed by atoms with van der Waals surface area (Å²) in [5.74, 6) is 0.925. The topological polar surface area (TPSA) is 26.3 Å². The van der Waals surface area contributed by atoms with Crippen molar-refractivity contribution in [2.45, 2.75) is 65.7 Å². The quantitative estimate of drug-likeness (QED) is 0.174. The predicted molar refractivity (Wildman–Crippen MR) is 138 cm³/mol. The first-order chi connectivity index (χ1) is 15.1. The number of carbonyl (C=O) groups is 1. The standard InChI is InChI=1S/C28H42O2P.BrH/c1-4-7-21-31(22-8-5-2,23-9-6-3)24-13-20-30-27-18-16-26(17-19-27)28(29)25-14-11-10-12-15-25;/h10-12,14-19H,4-9,13,20-24H2,1-3H3;1H/q+1;/p-1. The van der Waals surface area contributed by atoms with E-state index in [9.17, 15) is 4.79 Å². The van der Waals surface area contributed by atoms with Gasteiger partial charge in [-0.1, -0.05) is 70.4 Å². The smallest absolute Gasteiger partial charge is 0.193 e. The molecule has 2 nitrogen and oxygen atoms in total. The highest BCUT2D eigenvalue weighted by Crippen LogP contribution is 2.61. The molecule has 0 fully saturated rings. The summed E-state index contributed by atoms with van der Waals surface area (Å²) in [4.78, 5) is 12.6. The van der Waals surface area contributed by atoms with Gasteiger partial charge in [0.15, 0.2) is 5.78 Å². The lowest BCUT2D eigenvalue weighted by Gasteiger charge is -2.28. The van der Waals surface area contributed by atoms with E-state index in [1.54, 1.807) is 0 Å². The molecule has 32 heavy (non-hydrogen) atoms. The molecule has 0 bridgehead atoms. The molecule has 0 amide bonds. The Bertz CT molecular complexity index is 724. The predicted octanol–water partition coefficient (Wildman–Crippen LogP) is 5.11. The van der Waals surface area contributed by atoms with Gasteiger partial charge in [0, 0.05) is 24.8 Å². The monoisotopic (exact) mass is 520 g/mol. The highest BCUT2D eigenvalue weighted by Gasteiger charge is 2.34. The van der Waals surface area contributed by atoms with E-state index in [2.05, 4.69) is 20.8 Å². The third-order valence-corrected chi connectivity index (χ3v) is 11.2. The zero-order valence-corrected chi connectivity index (χ0v) is 22.8. The van der Waals surface area contributed by atoms with Crippen LogP contribution in [0.15, 0.2) is 54.6 Å². The zero-order chi connectivity index (χ0) is 22.4. The van der Waals surface area contributed by atoms with Crippen LogP contribution in [-0.4, -0.2) is 37.0 Å². The second-order valence-electron chi connectivity index (χ2n) is 8.72. The highest BCUT2D eigenvalue weighted by atomic mass is 79.9. The summed E-state index contributed by atoms with van der Waals surface area (Å²) >= 11 is 0. The van der Waals surface area contributed by atoms with E-state index in [1.807, 2.05) is 54.6 Å². The van der Waals surface area contributed by atoms with Gasteiger partial charge >= 0.3 is 0 Å². The van der Waals surface area contributed by atoms with Gasteiger partial charge in [0.25, 0.3) is 0 Å². The van der Waals surface area contributed by atoms with Gasteiger partial charge in [0.2, 0.25) is 0 Å². The van der Waals surface area contributed by atoms with E-state index >= 15 is 0 Å². The number of rotatable bonds is 16. The maximum Gasteiger partial charge on any atom is 0.193 e. The zero-order valence-electron chi connectivity index (χ0n) is 20.3. The van der Waals surface area contributed by atoms with Gasteiger partial charge in [-0.25, -0.2) is 0 Å². The van der Waals surface area contributed by atoms with Crippen LogP contribution in [0.5, 0.6) is 5.75 Å². The average Bonchev–Trinajstić information content (AvgIpc) is 2.83. The fraction of sp³-hybridized carbons (Fsp3) is 0.536. The van der Waals surface area contributed by atoms with E-state index in [1.165, 1.54) is 63.2 Å². The van der Waals surface area contributed by atoms with Gasteiger partial charge < -0.3 is 21.7 Å². The van der Waals surface area contributed by atoms with Gasteiger partial charge in [0.1, 0.15) is 5.75 Å². The summed E-state index contributed by atoms with van der Waals surface area (Å²) < 4.78 is 6.06. The van der Waals surface area contributed by atoms with Crippen molar-refractivity contribution in [3.8, 4) is 5.75 Å². The van der Waals surface area contributed by atoms with Crippen molar-refractivity contribution in [2.24, 2.45) is 0 Å². The molecule has 2 aromatic rings. The minimum atomic E-state index is -0.847. The third kappa shape index (κ3) is 9.75. The van der Waals surface area contributed by atoms with Crippen molar-refractivity contribution in [3.63, 3.8) is 0 Å². The van der Waals surface area contributed by atoms with Crippen LogP contribution >= 0.6 is 7.26 Å². The first kappa shape index (κ1) is 28.9. The molecule has 2 aromatic carbocycles. The molecular weight excluding hydrogens is 479 g/mol. The molecule has 0 atom stereocenters. The van der Waals surface area contributed by atoms with Crippen LogP contribution in [0.2, 0.25) is 0 Å². The van der Waals surface area contributed by atoms with Crippen molar-refractivity contribution in [1.82, 2.24) is 0 Å². The van der Waals surface area contributed by atoms with Crippen LogP contribution in [0, 0.1) is 0 Å². The van der Waals surface area contributed by atoms with Gasteiger partial charge in [-0.15, -0.1) is 0 Å². The molecule has 0 saturated carbocycles. The van der Waals surface area contributed by atoms with E-state index in [0.29, 0.717) is 5.56 Å². The van der Waals surface area contributed by atoms with Crippen molar-refractivity contribution in [2.75, 3.05) is 31.3 Å². The molecule has 0 aliphatic carbocycles. The maximum atomic E-state index is 12.6. The molecule has 0 aromatic heterocycles. The number of hydrogen-bond acceptors (Lipinski definition) is 2. The van der Waals surface area contributed by atoms with Crippen LogP contribution in [-0.2, 0) is 0 Å². The Morgan fingerprint density at radius 2 is 1.16 bits per heavy atom. The van der Waals surface area contributed by atoms with E-state index in [4.69, 9.17) is 4.74 Å². The summed E-state index contributed by atoms with van der Waals surface area (Å²) in [5.41, 5.74) is 1.44. The number of ketones is 1. The summed E-state index contributed by atoms with van der Waals surface area (Å²) in [6, 6.07) is 17.1. The second kappa shape index (κ2) is 16.4. The van der Waals surface area contributed by atoms with Gasteiger partial charge in [0.05, 0.1) is 31.3 Å². The molecule has 0 aliphatic heterocycles. The molecule has 0 N–H and O–H groups in total. The van der Waals surface area contributed by atoms with E-state index < -0.39 is 7.26 Å². The summed E-state index contributed by atoms with van der Waals surface area (Å²) in [7, 11) is -0.847. The Balaban J connectivity index is 0.00000512. The van der Waals surface area contributed by atoms with Crippen LogP contribution in [0.3, 0.4) is 0 Å². The van der Waals surface area contributed by atoms with Gasteiger partial charge in [-0.2, -0.15) is 0 Å². The Kier molecular flexibility index (Phi) is 14.8. The van der Waals surface area contributed by atoms with Crippen molar-refractivity contribution >= 4 is 13.0 Å². The molecular formula is C28H42BrO2P. The average molecular weight is 522 g/mol. The van der Waals surface area contributed by atoms with Crippen LogP contribution < -0.4 is 21.7 Å². The van der Waals surface area contributed by atoms with Crippen molar-refractivity contribution in [1.29, 1.82) is 0 Å². The molecule has 178 valence electrons. The number of ether oxygens (including phenoxy) is 1. The molecule has 0 saturated heterocycles. The Morgan fingerprint density at radius 3 is 1.66 bits per heavy atom. The van der Waals surface area contributed by atoms with Crippen molar-refractivity contribution < 1.29 is 26.5 Å². The minimum Gasteiger partial charge on any atom is -1.00 e. The lowest BCUT2D eigenvalue weighted by atomic mass is 10.0. The molecule has 4 heteroatoms. The van der Waals surface area contributed by atoms with Crippen molar-refractivity contribution in [3.05, 3.63) is 65.7 Å².